The molecule has 32 heavy (non-hydrogen) atoms. The van der Waals surface area contributed by atoms with Gasteiger partial charge in [0.1, 0.15) is 0 Å². The van der Waals surface area contributed by atoms with E-state index in [-0.39, 0.29) is 11.9 Å². The van der Waals surface area contributed by atoms with E-state index < -0.39 is 0 Å². The fourth-order valence-corrected chi connectivity index (χ4v) is 4.68. The lowest BCUT2D eigenvalue weighted by Crippen LogP contribution is -2.26. The number of aromatic nitrogens is 1. The van der Waals surface area contributed by atoms with Crippen molar-refractivity contribution >= 4 is 5.91 Å². The minimum atomic E-state index is -0.0503. The zero-order valence-electron chi connectivity index (χ0n) is 18.4. The number of nitrogens with one attached hydrogen (secondary N) is 1. The molecule has 0 fully saturated rings. The SMILES string of the molecule is C[C@H](NC(=O)c1ccc(-n2c(-c3ccccc3)cc3c2CCCC3)cc1)c1ccccc1. The van der Waals surface area contributed by atoms with Crippen LogP contribution in [0.5, 0.6) is 0 Å². The van der Waals surface area contributed by atoms with Crippen LogP contribution in [0.3, 0.4) is 0 Å². The normalized spacial score (nSPS) is 13.9. The minimum absolute atomic E-state index is 0.0375. The molecule has 0 saturated carbocycles. The van der Waals surface area contributed by atoms with E-state index in [4.69, 9.17) is 0 Å². The van der Waals surface area contributed by atoms with Crippen LogP contribution in [0.1, 0.15) is 53.0 Å². The Kier molecular flexibility index (Phi) is 5.64. The first-order valence-electron chi connectivity index (χ1n) is 11.5. The Balaban J connectivity index is 1.44. The number of carbonyl (C=O) groups is 1. The molecule has 0 radical (unpaired) electrons. The second-order valence-corrected chi connectivity index (χ2v) is 8.56. The summed E-state index contributed by atoms with van der Waals surface area (Å²) in [5.41, 5.74) is 8.20. The first kappa shape index (κ1) is 20.3. The average Bonchev–Trinajstić information content (AvgIpc) is 3.25. The zero-order chi connectivity index (χ0) is 21.9. The number of aryl methyl sites for hydroxylation is 1. The van der Waals surface area contributed by atoms with E-state index in [1.807, 2.05) is 49.4 Å². The zero-order valence-corrected chi connectivity index (χ0v) is 18.4. The standard InChI is InChI=1S/C29H28N2O/c1-21(22-10-4-2-5-11-22)30-29(32)24-16-18-26(19-17-24)31-27-15-9-8-14-25(27)20-28(31)23-12-6-3-7-13-23/h2-7,10-13,16-21H,8-9,14-15H2,1H3,(H,30,32)/t21-/m0/s1. The van der Waals surface area contributed by atoms with Gasteiger partial charge in [0.2, 0.25) is 0 Å². The van der Waals surface area contributed by atoms with Gasteiger partial charge in [-0.15, -0.1) is 0 Å². The predicted molar refractivity (Wildman–Crippen MR) is 130 cm³/mol. The maximum atomic E-state index is 12.8. The van der Waals surface area contributed by atoms with Gasteiger partial charge in [-0.2, -0.15) is 0 Å². The largest absolute Gasteiger partial charge is 0.346 e. The Bertz CT molecular complexity index is 1210. The number of benzene rings is 3. The van der Waals surface area contributed by atoms with Crippen LogP contribution in [-0.4, -0.2) is 10.5 Å². The molecule has 0 bridgehead atoms. The molecule has 160 valence electrons. The van der Waals surface area contributed by atoms with Gasteiger partial charge in [-0.1, -0.05) is 60.7 Å². The lowest BCUT2D eigenvalue weighted by Gasteiger charge is -2.18. The highest BCUT2D eigenvalue weighted by molar-refractivity contribution is 5.94. The lowest BCUT2D eigenvalue weighted by molar-refractivity contribution is 0.0940. The van der Waals surface area contributed by atoms with Crippen molar-refractivity contribution in [2.24, 2.45) is 0 Å². The number of fused-ring (bicyclic) bond motifs is 1. The molecule has 0 spiro atoms. The van der Waals surface area contributed by atoms with Gasteiger partial charge in [-0.25, -0.2) is 0 Å². The summed E-state index contributed by atoms with van der Waals surface area (Å²) in [6, 6.07) is 31.0. The van der Waals surface area contributed by atoms with Gasteiger partial charge in [-0.3, -0.25) is 4.79 Å². The molecule has 0 aliphatic heterocycles. The van der Waals surface area contributed by atoms with Crippen LogP contribution in [0.2, 0.25) is 0 Å². The smallest absolute Gasteiger partial charge is 0.251 e. The van der Waals surface area contributed by atoms with Gasteiger partial charge < -0.3 is 9.88 Å². The summed E-state index contributed by atoms with van der Waals surface area (Å²) in [6.45, 7) is 2.01. The predicted octanol–water partition coefficient (Wildman–Crippen LogP) is 6.51. The van der Waals surface area contributed by atoms with Crippen LogP contribution in [0.15, 0.2) is 91.0 Å². The Morgan fingerprint density at radius 2 is 1.50 bits per heavy atom. The summed E-state index contributed by atoms with van der Waals surface area (Å²) in [5.74, 6) is -0.0503. The van der Waals surface area contributed by atoms with Crippen molar-refractivity contribution in [2.75, 3.05) is 0 Å². The minimum Gasteiger partial charge on any atom is -0.346 e. The molecule has 1 heterocycles. The molecule has 1 aromatic heterocycles. The Morgan fingerprint density at radius 1 is 0.844 bits per heavy atom. The highest BCUT2D eigenvalue weighted by Gasteiger charge is 2.20. The van der Waals surface area contributed by atoms with Crippen LogP contribution < -0.4 is 5.32 Å². The monoisotopic (exact) mass is 420 g/mol. The van der Waals surface area contributed by atoms with Gasteiger partial charge in [-0.05, 0) is 79.6 Å². The summed E-state index contributed by atoms with van der Waals surface area (Å²) >= 11 is 0. The molecule has 0 saturated heterocycles. The molecule has 4 aromatic rings. The van der Waals surface area contributed by atoms with E-state index in [1.54, 1.807) is 0 Å². The average molecular weight is 421 g/mol. The highest BCUT2D eigenvalue weighted by atomic mass is 16.1. The molecule has 1 aliphatic rings. The molecule has 3 aromatic carbocycles. The number of amides is 1. The third-order valence-corrected chi connectivity index (χ3v) is 6.41. The molecule has 1 amide bonds. The fourth-order valence-electron chi connectivity index (χ4n) is 4.68. The quantitative estimate of drug-likeness (QED) is 0.392. The molecular formula is C29H28N2O. The van der Waals surface area contributed by atoms with E-state index in [9.17, 15) is 4.79 Å². The molecule has 1 atom stereocenters. The van der Waals surface area contributed by atoms with Crippen molar-refractivity contribution in [1.82, 2.24) is 9.88 Å². The van der Waals surface area contributed by atoms with Crippen LogP contribution in [-0.2, 0) is 12.8 Å². The first-order valence-corrected chi connectivity index (χ1v) is 11.5. The summed E-state index contributed by atoms with van der Waals surface area (Å²) in [4.78, 5) is 12.8. The van der Waals surface area contributed by atoms with Crippen molar-refractivity contribution in [2.45, 2.75) is 38.6 Å². The molecule has 3 nitrogen and oxygen atoms in total. The number of hydrogen-bond donors (Lipinski definition) is 1. The summed E-state index contributed by atoms with van der Waals surface area (Å²) in [7, 11) is 0. The van der Waals surface area contributed by atoms with E-state index in [1.165, 1.54) is 35.4 Å². The summed E-state index contributed by atoms with van der Waals surface area (Å²) in [5, 5.41) is 3.11. The number of hydrogen-bond acceptors (Lipinski definition) is 1. The Morgan fingerprint density at radius 3 is 2.22 bits per heavy atom. The lowest BCUT2D eigenvalue weighted by atomic mass is 9.98. The van der Waals surface area contributed by atoms with Gasteiger partial charge in [0.15, 0.2) is 0 Å². The van der Waals surface area contributed by atoms with E-state index in [0.717, 1.165) is 24.1 Å². The number of rotatable bonds is 5. The second kappa shape index (κ2) is 8.88. The molecular weight excluding hydrogens is 392 g/mol. The highest BCUT2D eigenvalue weighted by Crippen LogP contribution is 2.34. The van der Waals surface area contributed by atoms with Crippen LogP contribution >= 0.6 is 0 Å². The summed E-state index contributed by atoms with van der Waals surface area (Å²) in [6.07, 6.45) is 4.71. The van der Waals surface area contributed by atoms with Gasteiger partial charge >= 0.3 is 0 Å². The molecule has 1 N–H and O–H groups in total. The van der Waals surface area contributed by atoms with Crippen LogP contribution in [0.25, 0.3) is 16.9 Å². The maximum Gasteiger partial charge on any atom is 0.251 e. The fraction of sp³-hybridized carbons (Fsp3) is 0.207. The summed E-state index contributed by atoms with van der Waals surface area (Å²) < 4.78 is 2.39. The van der Waals surface area contributed by atoms with Gasteiger partial charge in [0.25, 0.3) is 5.91 Å². The Hall–Kier alpha value is -3.59. The molecule has 5 rings (SSSR count). The third kappa shape index (κ3) is 3.99. The van der Waals surface area contributed by atoms with Crippen LogP contribution in [0.4, 0.5) is 0 Å². The first-order chi connectivity index (χ1) is 15.7. The molecule has 3 heteroatoms. The van der Waals surface area contributed by atoms with Crippen molar-refractivity contribution in [3.63, 3.8) is 0 Å². The van der Waals surface area contributed by atoms with E-state index in [0.29, 0.717) is 5.56 Å². The Labute approximate surface area is 189 Å². The van der Waals surface area contributed by atoms with Crippen molar-refractivity contribution in [3.8, 4) is 16.9 Å². The topological polar surface area (TPSA) is 34.0 Å². The van der Waals surface area contributed by atoms with Crippen molar-refractivity contribution in [1.29, 1.82) is 0 Å². The number of nitrogens with zero attached hydrogens (tertiary/aromatic N) is 1. The molecule has 0 unspecified atom stereocenters. The van der Waals surface area contributed by atoms with E-state index >= 15 is 0 Å². The molecule has 1 aliphatic carbocycles. The van der Waals surface area contributed by atoms with Gasteiger partial charge in [0, 0.05) is 16.9 Å². The van der Waals surface area contributed by atoms with Crippen molar-refractivity contribution < 1.29 is 4.79 Å². The van der Waals surface area contributed by atoms with Gasteiger partial charge in [0.05, 0.1) is 11.7 Å². The third-order valence-electron chi connectivity index (χ3n) is 6.41. The van der Waals surface area contributed by atoms with Crippen molar-refractivity contribution in [3.05, 3.63) is 113 Å². The maximum absolute atomic E-state index is 12.8. The number of carbonyl (C=O) groups excluding carboxylic acids is 1. The van der Waals surface area contributed by atoms with Crippen LogP contribution in [0, 0.1) is 0 Å². The second-order valence-electron chi connectivity index (χ2n) is 8.56. The van der Waals surface area contributed by atoms with E-state index in [2.05, 4.69) is 58.4 Å².